The van der Waals surface area contributed by atoms with Crippen molar-refractivity contribution in [2.24, 2.45) is 0 Å². The van der Waals surface area contributed by atoms with E-state index in [0.29, 0.717) is 16.9 Å². The molecule has 0 aliphatic heterocycles. The average molecular weight is 399 g/mol. The number of nitrogens with one attached hydrogen (secondary N) is 2. The van der Waals surface area contributed by atoms with Gasteiger partial charge in [0, 0.05) is 11.3 Å². The third-order valence-corrected chi connectivity index (χ3v) is 4.03. The number of ketones is 1. The van der Waals surface area contributed by atoms with Crippen molar-refractivity contribution >= 4 is 28.8 Å². The molecule has 1 amide bonds. The van der Waals surface area contributed by atoms with Gasteiger partial charge >= 0.3 is 6.18 Å². The van der Waals surface area contributed by atoms with Gasteiger partial charge in [-0.05, 0) is 43.3 Å². The molecular weight excluding hydrogens is 383 g/mol. The number of para-hydroxylation sites is 1. The molecule has 0 aliphatic carbocycles. The number of carbonyl (C=O) groups is 2. The van der Waals surface area contributed by atoms with Crippen LogP contribution in [0.4, 0.5) is 30.2 Å². The highest BCUT2D eigenvalue weighted by Gasteiger charge is 2.33. The summed E-state index contributed by atoms with van der Waals surface area (Å²) in [6.45, 7) is 1.46. The molecule has 1 heterocycles. The Morgan fingerprint density at radius 3 is 2.34 bits per heavy atom. The number of aromatic nitrogens is 1. The van der Waals surface area contributed by atoms with E-state index in [9.17, 15) is 22.8 Å². The fraction of sp³-hybridized carbons (Fsp3) is 0.0952. The van der Waals surface area contributed by atoms with Gasteiger partial charge in [-0.1, -0.05) is 24.3 Å². The minimum Gasteiger partial charge on any atom is -0.354 e. The number of halogens is 3. The van der Waals surface area contributed by atoms with E-state index >= 15 is 0 Å². The fourth-order valence-electron chi connectivity index (χ4n) is 2.61. The van der Waals surface area contributed by atoms with E-state index in [1.165, 1.54) is 37.4 Å². The summed E-state index contributed by atoms with van der Waals surface area (Å²) < 4.78 is 39.1. The second-order valence-electron chi connectivity index (χ2n) is 6.19. The second kappa shape index (κ2) is 8.14. The lowest BCUT2D eigenvalue weighted by Gasteiger charge is -2.13. The first-order chi connectivity index (χ1) is 13.7. The minimum absolute atomic E-state index is 0.0370. The molecule has 1 aromatic heterocycles. The van der Waals surface area contributed by atoms with Crippen molar-refractivity contribution in [2.45, 2.75) is 13.1 Å². The summed E-state index contributed by atoms with van der Waals surface area (Å²) in [4.78, 5) is 27.7. The lowest BCUT2D eigenvalue weighted by atomic mass is 10.1. The molecule has 3 rings (SSSR count). The SMILES string of the molecule is CC(=O)c1cccc(Nc2ccc(C(=O)Nc3ccccc3C(F)(F)F)nc2)c1. The fourth-order valence-corrected chi connectivity index (χ4v) is 2.61. The van der Waals surface area contributed by atoms with Crippen molar-refractivity contribution in [1.82, 2.24) is 4.98 Å². The van der Waals surface area contributed by atoms with Crippen LogP contribution in [0.15, 0.2) is 66.9 Å². The molecule has 0 fully saturated rings. The van der Waals surface area contributed by atoms with Gasteiger partial charge in [-0.25, -0.2) is 4.98 Å². The summed E-state index contributed by atoms with van der Waals surface area (Å²) in [6, 6.07) is 14.5. The van der Waals surface area contributed by atoms with Crippen LogP contribution in [0.2, 0.25) is 0 Å². The summed E-state index contributed by atoms with van der Waals surface area (Å²) in [5.74, 6) is -0.829. The first kappa shape index (κ1) is 20.1. The lowest BCUT2D eigenvalue weighted by Crippen LogP contribution is -2.17. The summed E-state index contributed by atoms with van der Waals surface area (Å²) >= 11 is 0. The Kier molecular flexibility index (Phi) is 5.63. The molecule has 0 spiro atoms. The normalized spacial score (nSPS) is 11.0. The maximum atomic E-state index is 13.0. The Hall–Kier alpha value is -3.68. The molecule has 5 nitrogen and oxygen atoms in total. The van der Waals surface area contributed by atoms with Gasteiger partial charge in [0.25, 0.3) is 5.91 Å². The second-order valence-corrected chi connectivity index (χ2v) is 6.19. The van der Waals surface area contributed by atoms with Crippen molar-refractivity contribution < 1.29 is 22.8 Å². The zero-order chi connectivity index (χ0) is 21.0. The van der Waals surface area contributed by atoms with Crippen molar-refractivity contribution in [3.8, 4) is 0 Å². The number of anilines is 3. The van der Waals surface area contributed by atoms with Crippen molar-refractivity contribution in [2.75, 3.05) is 10.6 Å². The highest BCUT2D eigenvalue weighted by atomic mass is 19.4. The summed E-state index contributed by atoms with van der Waals surface area (Å²) in [7, 11) is 0. The lowest BCUT2D eigenvalue weighted by molar-refractivity contribution is -0.136. The van der Waals surface area contributed by atoms with Crippen LogP contribution >= 0.6 is 0 Å². The van der Waals surface area contributed by atoms with Gasteiger partial charge in [0.05, 0.1) is 23.1 Å². The number of carbonyl (C=O) groups excluding carboxylic acids is 2. The van der Waals surface area contributed by atoms with Gasteiger partial charge < -0.3 is 10.6 Å². The molecular formula is C21H16F3N3O2. The molecule has 0 radical (unpaired) electrons. The Bertz CT molecular complexity index is 1050. The average Bonchev–Trinajstić information content (AvgIpc) is 2.68. The maximum absolute atomic E-state index is 13.0. The Morgan fingerprint density at radius 1 is 0.931 bits per heavy atom. The molecule has 0 saturated carbocycles. The molecule has 8 heteroatoms. The van der Waals surface area contributed by atoms with E-state index in [4.69, 9.17) is 0 Å². The molecule has 0 atom stereocenters. The first-order valence-electron chi connectivity index (χ1n) is 8.56. The molecule has 3 aromatic rings. The van der Waals surface area contributed by atoms with E-state index in [0.717, 1.165) is 6.07 Å². The van der Waals surface area contributed by atoms with E-state index in [1.54, 1.807) is 30.3 Å². The molecule has 29 heavy (non-hydrogen) atoms. The molecule has 0 aliphatic rings. The van der Waals surface area contributed by atoms with Crippen molar-refractivity contribution in [3.63, 3.8) is 0 Å². The van der Waals surface area contributed by atoms with Crippen LogP contribution < -0.4 is 10.6 Å². The van der Waals surface area contributed by atoms with Crippen LogP contribution in [0, 0.1) is 0 Å². The van der Waals surface area contributed by atoms with Gasteiger partial charge in [0.15, 0.2) is 5.78 Å². The van der Waals surface area contributed by atoms with Crippen molar-refractivity contribution in [1.29, 1.82) is 0 Å². The third kappa shape index (κ3) is 4.98. The number of amides is 1. The highest BCUT2D eigenvalue weighted by molar-refractivity contribution is 6.03. The monoisotopic (exact) mass is 399 g/mol. The van der Waals surface area contributed by atoms with Crippen LogP contribution in [-0.2, 0) is 6.18 Å². The van der Waals surface area contributed by atoms with Crippen LogP contribution in [0.5, 0.6) is 0 Å². The third-order valence-electron chi connectivity index (χ3n) is 4.03. The predicted octanol–water partition coefficient (Wildman–Crippen LogP) is 5.30. The number of nitrogens with zero attached hydrogens (tertiary/aromatic N) is 1. The molecule has 148 valence electrons. The van der Waals surface area contributed by atoms with E-state index in [-0.39, 0.29) is 17.2 Å². The number of hydrogen-bond acceptors (Lipinski definition) is 4. The van der Waals surface area contributed by atoms with Gasteiger partial charge in [-0.3, -0.25) is 9.59 Å². The first-order valence-corrected chi connectivity index (χ1v) is 8.56. The van der Waals surface area contributed by atoms with Crippen LogP contribution in [0.3, 0.4) is 0 Å². The van der Waals surface area contributed by atoms with Crippen LogP contribution in [0.25, 0.3) is 0 Å². The van der Waals surface area contributed by atoms with Gasteiger partial charge in [-0.15, -0.1) is 0 Å². The number of benzene rings is 2. The number of rotatable bonds is 5. The highest BCUT2D eigenvalue weighted by Crippen LogP contribution is 2.34. The summed E-state index contributed by atoms with van der Waals surface area (Å²) in [5, 5.41) is 5.29. The number of hydrogen-bond donors (Lipinski definition) is 2. The predicted molar refractivity (Wildman–Crippen MR) is 103 cm³/mol. The maximum Gasteiger partial charge on any atom is 0.418 e. The van der Waals surface area contributed by atoms with E-state index in [2.05, 4.69) is 15.6 Å². The van der Waals surface area contributed by atoms with E-state index < -0.39 is 17.6 Å². The number of pyridine rings is 1. The Balaban J connectivity index is 1.73. The van der Waals surface area contributed by atoms with Crippen LogP contribution in [0.1, 0.15) is 33.3 Å². The molecule has 0 unspecified atom stereocenters. The minimum atomic E-state index is -4.58. The summed E-state index contributed by atoms with van der Waals surface area (Å²) in [6.07, 6.45) is -3.20. The molecule has 0 bridgehead atoms. The Morgan fingerprint density at radius 2 is 1.69 bits per heavy atom. The van der Waals surface area contributed by atoms with Crippen molar-refractivity contribution in [3.05, 3.63) is 83.7 Å². The topological polar surface area (TPSA) is 71.1 Å². The molecule has 2 N–H and O–H groups in total. The zero-order valence-corrected chi connectivity index (χ0v) is 15.2. The van der Waals surface area contributed by atoms with Crippen LogP contribution in [-0.4, -0.2) is 16.7 Å². The summed E-state index contributed by atoms with van der Waals surface area (Å²) in [5.41, 5.74) is 0.452. The van der Waals surface area contributed by atoms with E-state index in [1.807, 2.05) is 0 Å². The largest absolute Gasteiger partial charge is 0.418 e. The molecule has 0 saturated heterocycles. The van der Waals surface area contributed by atoms with Gasteiger partial charge in [0.2, 0.25) is 0 Å². The Labute approximate surface area is 164 Å². The standard InChI is InChI=1S/C21H16F3N3O2/c1-13(28)14-5-4-6-15(11-14)26-16-9-10-19(25-12-16)20(29)27-18-8-3-2-7-17(18)21(22,23)24/h2-12,26H,1H3,(H,27,29). The smallest absolute Gasteiger partial charge is 0.354 e. The quantitative estimate of drug-likeness (QED) is 0.571. The number of alkyl halides is 3. The van der Waals surface area contributed by atoms with Gasteiger partial charge in [0.1, 0.15) is 5.69 Å². The molecule has 2 aromatic carbocycles. The zero-order valence-electron chi connectivity index (χ0n) is 15.2. The van der Waals surface area contributed by atoms with Gasteiger partial charge in [-0.2, -0.15) is 13.2 Å². The number of Topliss-reactive ketones (excluding diaryl/α,β-unsaturated/α-hetero) is 1.